The van der Waals surface area contributed by atoms with Crippen LogP contribution in [0.5, 0.6) is 0 Å². The van der Waals surface area contributed by atoms with Gasteiger partial charge in [0.15, 0.2) is 7.12 Å². The highest BCUT2D eigenvalue weighted by molar-refractivity contribution is 8.96. The molecule has 78 valence electrons. The van der Waals surface area contributed by atoms with Crippen LogP contribution in [0.2, 0.25) is 0 Å². The van der Waals surface area contributed by atoms with Gasteiger partial charge in [-0.15, -0.1) is 20.8 Å². The van der Waals surface area contributed by atoms with Gasteiger partial charge in [-0.2, -0.15) is 0 Å². The molecule has 2 rings (SSSR count). The Bertz CT molecular complexity index is 453. The van der Waals surface area contributed by atoms with Crippen molar-refractivity contribution >= 4 is 39.6 Å². The van der Waals surface area contributed by atoms with Crippen LogP contribution in [0.3, 0.4) is 0 Å². The first-order valence-electron chi connectivity index (χ1n) is 4.12. The second-order valence-corrected chi connectivity index (χ2v) is 6.90. The van der Waals surface area contributed by atoms with Gasteiger partial charge >= 0.3 is 6.03 Å². The average Bonchev–Trinajstić information content (AvgIpc) is 2.07. The molecular weight excluding hydrogens is 234 g/mol. The van der Waals surface area contributed by atoms with Gasteiger partial charge in [-0.25, -0.2) is 9.18 Å². The van der Waals surface area contributed by atoms with E-state index in [0.29, 0.717) is 16.1 Å². The molecule has 1 heterocycles. The molecule has 1 aromatic rings. The molecule has 0 saturated heterocycles. The molecule has 1 unspecified atom stereocenters. The van der Waals surface area contributed by atoms with E-state index >= 15 is 0 Å². The lowest BCUT2D eigenvalue weighted by Crippen LogP contribution is -2.34. The van der Waals surface area contributed by atoms with Gasteiger partial charge in [0.2, 0.25) is 0 Å². The third-order valence-electron chi connectivity index (χ3n) is 2.09. The van der Waals surface area contributed by atoms with Crippen LogP contribution in [-0.4, -0.2) is 13.2 Å². The summed E-state index contributed by atoms with van der Waals surface area (Å²) in [5, 5.41) is 2.56. The number of aryl methyl sites for hydroxylation is 1. The Morgan fingerprint density at radius 3 is 2.87 bits per heavy atom. The quantitative estimate of drug-likeness (QED) is 0.364. The van der Waals surface area contributed by atoms with Crippen LogP contribution in [0.15, 0.2) is 17.0 Å². The van der Waals surface area contributed by atoms with E-state index in [1.165, 1.54) is 6.07 Å². The van der Waals surface area contributed by atoms with Crippen molar-refractivity contribution in [1.82, 2.24) is 4.72 Å². The normalized spacial score (nSPS) is 28.3. The molecule has 1 atom stereocenters. The number of thiol groups is 1. The van der Waals surface area contributed by atoms with Gasteiger partial charge in [-0.1, -0.05) is 0 Å². The van der Waals surface area contributed by atoms with Crippen molar-refractivity contribution in [3.05, 3.63) is 23.5 Å². The zero-order chi connectivity index (χ0) is 11.2. The number of hydrogen-bond acceptors (Lipinski definition) is 2. The first-order valence-corrected chi connectivity index (χ1v) is 6.87. The van der Waals surface area contributed by atoms with Crippen LogP contribution in [0, 0.1) is 12.7 Å². The minimum absolute atomic E-state index is 0.358. The number of anilines is 1. The number of carbonyl (C=O) groups is 1. The Morgan fingerprint density at radius 1 is 1.53 bits per heavy atom. The highest BCUT2D eigenvalue weighted by atomic mass is 33.1. The van der Waals surface area contributed by atoms with Crippen molar-refractivity contribution in [1.29, 1.82) is 0 Å². The predicted molar refractivity (Wildman–Crippen MR) is 63.9 cm³/mol. The van der Waals surface area contributed by atoms with E-state index in [1.807, 2.05) is 0 Å². The minimum Gasteiger partial charge on any atom is -0.306 e. The van der Waals surface area contributed by atoms with Crippen LogP contribution in [-0.2, 0) is 0 Å². The molecule has 2 amide bonds. The zero-order valence-electron chi connectivity index (χ0n) is 7.87. The summed E-state index contributed by atoms with van der Waals surface area (Å²) in [5.41, 5.74) is 0.977. The minimum atomic E-state index is -2.24. The van der Waals surface area contributed by atoms with Crippen LogP contribution in [0.25, 0.3) is 0 Å². The molecule has 3 nitrogen and oxygen atoms in total. The summed E-state index contributed by atoms with van der Waals surface area (Å²) in [4.78, 5) is 11.7. The summed E-state index contributed by atoms with van der Waals surface area (Å²) < 4.78 is 15.8. The smallest absolute Gasteiger partial charge is 0.306 e. The monoisotopic (exact) mass is 242 g/mol. The summed E-state index contributed by atoms with van der Waals surface area (Å²) in [5.74, 6) is -0.358. The molecule has 2 radical (unpaired) electrons. The van der Waals surface area contributed by atoms with E-state index in [-0.39, 0.29) is 5.82 Å². The van der Waals surface area contributed by atoms with Gasteiger partial charge in [-0.3, -0.25) is 4.72 Å². The number of nitrogens with one attached hydrogen (secondary N) is 2. The molecule has 1 aliphatic rings. The SMILES string of the molecule is [B]S1(S)NC(=O)Nc2cc(C)c(F)cc21. The third-order valence-corrected chi connectivity index (χ3v) is 4.46. The predicted octanol–water partition coefficient (Wildman–Crippen LogP) is 2.28. The van der Waals surface area contributed by atoms with Crippen LogP contribution in [0.1, 0.15) is 5.56 Å². The number of rotatable bonds is 0. The average molecular weight is 242 g/mol. The van der Waals surface area contributed by atoms with Crippen molar-refractivity contribution in [2.45, 2.75) is 11.8 Å². The van der Waals surface area contributed by atoms with E-state index < -0.39 is 15.1 Å². The fourth-order valence-corrected chi connectivity index (χ4v) is 3.24. The number of fused-ring (bicyclic) bond motifs is 1. The summed E-state index contributed by atoms with van der Waals surface area (Å²) in [7, 11) is 3.57. The topological polar surface area (TPSA) is 41.1 Å². The van der Waals surface area contributed by atoms with E-state index in [2.05, 4.69) is 21.7 Å². The molecule has 0 aromatic heterocycles. The van der Waals surface area contributed by atoms with Gasteiger partial charge in [0.1, 0.15) is 5.82 Å². The summed E-state index contributed by atoms with van der Waals surface area (Å²) in [6, 6.07) is 2.44. The molecule has 0 spiro atoms. The summed E-state index contributed by atoms with van der Waals surface area (Å²) >= 11 is 4.16. The van der Waals surface area contributed by atoms with Gasteiger partial charge in [0.05, 0.1) is 5.69 Å². The second-order valence-electron chi connectivity index (χ2n) is 3.28. The van der Waals surface area contributed by atoms with Gasteiger partial charge < -0.3 is 5.32 Å². The van der Waals surface area contributed by atoms with Crippen molar-refractivity contribution < 1.29 is 9.18 Å². The molecule has 15 heavy (non-hydrogen) atoms. The standard InChI is InChI=1S/C8H8BFN2OS2/c1-4-2-6-7(3-5(4)10)15(9,14)12-8(13)11-6/h2-3,14H,1H3,(H2,11,12,13). The lowest BCUT2D eigenvalue weighted by Gasteiger charge is -2.38. The van der Waals surface area contributed by atoms with Crippen LogP contribution in [0.4, 0.5) is 14.9 Å². The highest BCUT2D eigenvalue weighted by Gasteiger charge is 2.28. The first kappa shape index (κ1) is 10.7. The molecule has 1 aromatic carbocycles. The molecule has 2 N–H and O–H groups in total. The van der Waals surface area contributed by atoms with Crippen LogP contribution < -0.4 is 10.0 Å². The number of halogens is 1. The Labute approximate surface area is 94.4 Å². The summed E-state index contributed by atoms with van der Waals surface area (Å²) in [6.07, 6.45) is 0. The molecule has 1 aliphatic heterocycles. The van der Waals surface area contributed by atoms with Crippen molar-refractivity contribution in [3.8, 4) is 0 Å². The Kier molecular flexibility index (Phi) is 2.39. The maximum atomic E-state index is 13.3. The zero-order valence-corrected chi connectivity index (χ0v) is 9.58. The van der Waals surface area contributed by atoms with Crippen molar-refractivity contribution in [3.63, 3.8) is 0 Å². The van der Waals surface area contributed by atoms with E-state index in [4.69, 9.17) is 7.12 Å². The van der Waals surface area contributed by atoms with Crippen molar-refractivity contribution in [2.24, 2.45) is 0 Å². The van der Waals surface area contributed by atoms with Crippen LogP contribution >= 0.6 is 20.8 Å². The number of amides is 2. The fraction of sp³-hybridized carbons (Fsp3) is 0.125. The number of carbonyl (C=O) groups excluding carboxylic acids is 1. The molecule has 0 aliphatic carbocycles. The molecule has 7 heteroatoms. The van der Waals surface area contributed by atoms with E-state index in [0.717, 1.165) is 0 Å². The largest absolute Gasteiger partial charge is 0.328 e. The van der Waals surface area contributed by atoms with Gasteiger partial charge in [0.25, 0.3) is 0 Å². The van der Waals surface area contributed by atoms with E-state index in [1.54, 1.807) is 13.0 Å². The Hall–Kier alpha value is -0.815. The summed E-state index contributed by atoms with van der Waals surface area (Å²) in [6.45, 7) is 1.62. The van der Waals surface area contributed by atoms with Crippen molar-refractivity contribution in [2.75, 3.05) is 5.32 Å². The third kappa shape index (κ3) is 1.81. The maximum absolute atomic E-state index is 13.3. The highest BCUT2D eigenvalue weighted by Crippen LogP contribution is 2.57. The second kappa shape index (κ2) is 3.35. The lowest BCUT2D eigenvalue weighted by molar-refractivity contribution is 0.257. The number of hydrogen-bond donors (Lipinski definition) is 3. The first-order chi connectivity index (χ1) is 6.90. The van der Waals surface area contributed by atoms with Gasteiger partial charge in [0, 0.05) is 4.90 Å². The molecular formula is C8H8BFN2OS2. The maximum Gasteiger partial charge on any atom is 0.328 e. The number of urea groups is 1. The van der Waals surface area contributed by atoms with E-state index in [9.17, 15) is 9.18 Å². The Morgan fingerprint density at radius 2 is 2.20 bits per heavy atom. The molecule has 0 fully saturated rings. The number of benzene rings is 1. The molecule has 0 bridgehead atoms. The van der Waals surface area contributed by atoms with Gasteiger partial charge in [-0.05, 0) is 24.6 Å². The fourth-order valence-electron chi connectivity index (χ4n) is 1.36. The Balaban J connectivity index is 2.62. The molecule has 0 saturated carbocycles. The lowest BCUT2D eigenvalue weighted by atomic mass is 10.2.